The predicted octanol–water partition coefficient (Wildman–Crippen LogP) is 3.01. The molecule has 0 saturated heterocycles. The predicted molar refractivity (Wildman–Crippen MR) is 70.9 cm³/mol. The summed E-state index contributed by atoms with van der Waals surface area (Å²) in [4.78, 5) is 0. The SMILES string of the molecule is NNC(Cc1ccccc1Br)C1CCCC1. The first-order valence-electron chi connectivity index (χ1n) is 6.01. The second-order valence-electron chi connectivity index (χ2n) is 4.61. The molecule has 88 valence electrons. The normalized spacial score (nSPS) is 18.9. The van der Waals surface area contributed by atoms with Gasteiger partial charge in [0, 0.05) is 10.5 Å². The Kier molecular flexibility index (Phi) is 4.38. The van der Waals surface area contributed by atoms with Gasteiger partial charge in [-0.05, 0) is 36.8 Å². The summed E-state index contributed by atoms with van der Waals surface area (Å²) in [5.41, 5.74) is 4.34. The van der Waals surface area contributed by atoms with Gasteiger partial charge in [0.1, 0.15) is 0 Å². The van der Waals surface area contributed by atoms with E-state index in [1.165, 1.54) is 35.7 Å². The van der Waals surface area contributed by atoms with Crippen LogP contribution >= 0.6 is 15.9 Å². The number of hydrogen-bond acceptors (Lipinski definition) is 2. The first-order chi connectivity index (χ1) is 7.81. The second kappa shape index (κ2) is 5.80. The Bertz CT molecular complexity index is 334. The van der Waals surface area contributed by atoms with Gasteiger partial charge in [0.15, 0.2) is 0 Å². The van der Waals surface area contributed by atoms with Crippen molar-refractivity contribution in [2.75, 3.05) is 0 Å². The molecule has 0 bridgehead atoms. The summed E-state index contributed by atoms with van der Waals surface area (Å²) < 4.78 is 1.19. The van der Waals surface area contributed by atoms with Crippen LogP contribution in [0.4, 0.5) is 0 Å². The van der Waals surface area contributed by atoms with E-state index in [0.717, 1.165) is 12.3 Å². The number of nitrogens with one attached hydrogen (secondary N) is 1. The molecule has 2 rings (SSSR count). The molecule has 1 saturated carbocycles. The maximum Gasteiger partial charge on any atom is 0.0279 e. The van der Waals surface area contributed by atoms with Gasteiger partial charge in [0.25, 0.3) is 0 Å². The van der Waals surface area contributed by atoms with Crippen LogP contribution < -0.4 is 11.3 Å². The fourth-order valence-corrected chi connectivity index (χ4v) is 3.07. The summed E-state index contributed by atoms with van der Waals surface area (Å²) in [6, 6.07) is 8.82. The lowest BCUT2D eigenvalue weighted by molar-refractivity contribution is 0.361. The highest BCUT2D eigenvalue weighted by atomic mass is 79.9. The molecule has 1 aliphatic rings. The van der Waals surface area contributed by atoms with Gasteiger partial charge in [-0.2, -0.15) is 0 Å². The van der Waals surface area contributed by atoms with Crippen LogP contribution in [0.15, 0.2) is 28.7 Å². The van der Waals surface area contributed by atoms with Crippen molar-refractivity contribution >= 4 is 15.9 Å². The van der Waals surface area contributed by atoms with Gasteiger partial charge in [-0.1, -0.05) is 47.0 Å². The van der Waals surface area contributed by atoms with Crippen LogP contribution in [0.25, 0.3) is 0 Å². The van der Waals surface area contributed by atoms with E-state index < -0.39 is 0 Å². The van der Waals surface area contributed by atoms with Crippen LogP contribution in [-0.4, -0.2) is 6.04 Å². The zero-order chi connectivity index (χ0) is 11.4. The lowest BCUT2D eigenvalue weighted by Crippen LogP contribution is -2.41. The average Bonchev–Trinajstić information content (AvgIpc) is 2.81. The number of benzene rings is 1. The lowest BCUT2D eigenvalue weighted by Gasteiger charge is -2.23. The minimum absolute atomic E-state index is 0.418. The first-order valence-corrected chi connectivity index (χ1v) is 6.80. The van der Waals surface area contributed by atoms with E-state index in [1.54, 1.807) is 0 Å². The van der Waals surface area contributed by atoms with Crippen molar-refractivity contribution in [3.63, 3.8) is 0 Å². The molecule has 1 unspecified atom stereocenters. The van der Waals surface area contributed by atoms with Crippen molar-refractivity contribution in [3.05, 3.63) is 34.3 Å². The molecule has 16 heavy (non-hydrogen) atoms. The van der Waals surface area contributed by atoms with Crippen molar-refractivity contribution in [1.82, 2.24) is 5.43 Å². The minimum atomic E-state index is 0.418. The van der Waals surface area contributed by atoms with Crippen LogP contribution in [0.5, 0.6) is 0 Å². The van der Waals surface area contributed by atoms with E-state index in [2.05, 4.69) is 39.6 Å². The lowest BCUT2D eigenvalue weighted by atomic mass is 9.93. The highest BCUT2D eigenvalue weighted by Crippen LogP contribution is 2.30. The smallest absolute Gasteiger partial charge is 0.0279 e. The van der Waals surface area contributed by atoms with Crippen LogP contribution in [0.3, 0.4) is 0 Å². The molecule has 1 aliphatic carbocycles. The monoisotopic (exact) mass is 282 g/mol. The Labute approximate surface area is 106 Å². The molecule has 1 aromatic carbocycles. The van der Waals surface area contributed by atoms with Gasteiger partial charge in [-0.3, -0.25) is 11.3 Å². The number of hydrazine groups is 1. The van der Waals surface area contributed by atoms with Crippen LogP contribution in [-0.2, 0) is 6.42 Å². The third-order valence-electron chi connectivity index (χ3n) is 3.58. The number of hydrogen-bond donors (Lipinski definition) is 2. The molecule has 3 heteroatoms. The third-order valence-corrected chi connectivity index (χ3v) is 4.35. The van der Waals surface area contributed by atoms with Gasteiger partial charge in [-0.25, -0.2) is 0 Å². The van der Waals surface area contributed by atoms with Crippen molar-refractivity contribution in [2.24, 2.45) is 11.8 Å². The summed E-state index contributed by atoms with van der Waals surface area (Å²) in [6.07, 6.45) is 6.37. The van der Waals surface area contributed by atoms with Crippen LogP contribution in [0.1, 0.15) is 31.2 Å². The maximum atomic E-state index is 5.69. The number of halogens is 1. The van der Waals surface area contributed by atoms with Crippen molar-refractivity contribution < 1.29 is 0 Å². The van der Waals surface area contributed by atoms with Crippen molar-refractivity contribution in [3.8, 4) is 0 Å². The van der Waals surface area contributed by atoms with E-state index in [-0.39, 0.29) is 0 Å². The topological polar surface area (TPSA) is 38.0 Å². The van der Waals surface area contributed by atoms with Gasteiger partial charge in [0.05, 0.1) is 0 Å². The van der Waals surface area contributed by atoms with Gasteiger partial charge >= 0.3 is 0 Å². The summed E-state index contributed by atoms with van der Waals surface area (Å²) in [7, 11) is 0. The molecular formula is C13H19BrN2. The zero-order valence-corrected chi connectivity index (χ0v) is 11.0. The fourth-order valence-electron chi connectivity index (χ4n) is 2.62. The van der Waals surface area contributed by atoms with E-state index in [1.807, 2.05) is 6.07 Å². The van der Waals surface area contributed by atoms with E-state index in [0.29, 0.717) is 6.04 Å². The Morgan fingerprint density at radius 2 is 2.00 bits per heavy atom. The summed E-state index contributed by atoms with van der Waals surface area (Å²) in [6.45, 7) is 0. The molecular weight excluding hydrogens is 264 g/mol. The van der Waals surface area contributed by atoms with Crippen molar-refractivity contribution in [1.29, 1.82) is 0 Å². The number of nitrogens with two attached hydrogens (primary N) is 1. The maximum absolute atomic E-state index is 5.69. The Balaban J connectivity index is 2.03. The van der Waals surface area contributed by atoms with Gasteiger partial charge in [0.2, 0.25) is 0 Å². The third kappa shape index (κ3) is 2.84. The largest absolute Gasteiger partial charge is 0.271 e. The second-order valence-corrected chi connectivity index (χ2v) is 5.47. The number of rotatable bonds is 4. The molecule has 3 N–H and O–H groups in total. The molecule has 0 heterocycles. The summed E-state index contributed by atoms with van der Waals surface area (Å²) in [5.74, 6) is 6.43. The zero-order valence-electron chi connectivity index (χ0n) is 9.45. The molecule has 0 spiro atoms. The van der Waals surface area contributed by atoms with Crippen molar-refractivity contribution in [2.45, 2.75) is 38.1 Å². The van der Waals surface area contributed by atoms with E-state index in [9.17, 15) is 0 Å². The molecule has 0 amide bonds. The molecule has 0 aromatic heterocycles. The van der Waals surface area contributed by atoms with Crippen LogP contribution in [0, 0.1) is 5.92 Å². The Morgan fingerprint density at radius 3 is 2.62 bits per heavy atom. The molecule has 2 nitrogen and oxygen atoms in total. The van der Waals surface area contributed by atoms with E-state index >= 15 is 0 Å². The van der Waals surface area contributed by atoms with Gasteiger partial charge in [-0.15, -0.1) is 0 Å². The molecule has 1 aromatic rings. The fraction of sp³-hybridized carbons (Fsp3) is 0.538. The minimum Gasteiger partial charge on any atom is -0.271 e. The molecule has 0 aliphatic heterocycles. The Morgan fingerprint density at radius 1 is 1.31 bits per heavy atom. The average molecular weight is 283 g/mol. The highest BCUT2D eigenvalue weighted by molar-refractivity contribution is 9.10. The quantitative estimate of drug-likeness (QED) is 0.658. The Hall–Kier alpha value is -0.380. The standard InChI is InChI=1S/C13H19BrN2/c14-12-8-4-3-7-11(12)9-13(16-15)10-5-1-2-6-10/h3-4,7-8,10,13,16H,1-2,5-6,9,15H2. The summed E-state index contributed by atoms with van der Waals surface area (Å²) >= 11 is 3.59. The van der Waals surface area contributed by atoms with Crippen LogP contribution in [0.2, 0.25) is 0 Å². The molecule has 1 atom stereocenters. The molecule has 0 radical (unpaired) electrons. The van der Waals surface area contributed by atoms with E-state index in [4.69, 9.17) is 5.84 Å². The first kappa shape index (κ1) is 12.1. The van der Waals surface area contributed by atoms with Gasteiger partial charge < -0.3 is 0 Å². The summed E-state index contributed by atoms with van der Waals surface area (Å²) in [5, 5.41) is 0. The molecule has 1 fully saturated rings. The highest BCUT2D eigenvalue weighted by Gasteiger charge is 2.24.